The first-order valence-corrected chi connectivity index (χ1v) is 18.0. The van der Waals surface area contributed by atoms with Gasteiger partial charge in [-0.05, 0) is 105 Å². The highest BCUT2D eigenvalue weighted by Crippen LogP contribution is 2.45. The second-order valence-electron chi connectivity index (χ2n) is 14.0. The first-order valence-electron chi connectivity index (χ1n) is 18.0. The van der Waals surface area contributed by atoms with Gasteiger partial charge >= 0.3 is 0 Å². The van der Waals surface area contributed by atoms with E-state index in [-0.39, 0.29) is 0 Å². The van der Waals surface area contributed by atoms with Crippen molar-refractivity contribution in [1.29, 1.82) is 0 Å². The Hall–Kier alpha value is -4.88. The molecule has 0 bridgehead atoms. The number of nitrogens with zero attached hydrogens (tertiary/aromatic N) is 1. The van der Waals surface area contributed by atoms with Crippen molar-refractivity contribution >= 4 is 27.2 Å². The van der Waals surface area contributed by atoms with E-state index in [0.29, 0.717) is 17.9 Å². The van der Waals surface area contributed by atoms with Crippen LogP contribution >= 0.6 is 0 Å². The highest BCUT2D eigenvalue weighted by molar-refractivity contribution is 6.21. The van der Waals surface area contributed by atoms with Crippen LogP contribution < -0.4 is 4.90 Å². The average Bonchev–Trinajstić information content (AvgIpc) is 3.16. The van der Waals surface area contributed by atoms with Crippen LogP contribution in [0.25, 0.3) is 54.9 Å². The molecule has 48 heavy (non-hydrogen) atoms. The lowest BCUT2D eigenvalue weighted by atomic mass is 9.83. The van der Waals surface area contributed by atoms with Crippen LogP contribution in [0.1, 0.15) is 51.9 Å². The van der Waals surface area contributed by atoms with E-state index in [1.807, 2.05) is 0 Å². The molecule has 0 N–H and O–H groups in total. The van der Waals surface area contributed by atoms with Gasteiger partial charge in [-0.1, -0.05) is 160 Å². The van der Waals surface area contributed by atoms with Gasteiger partial charge in [0.05, 0.1) is 6.04 Å². The van der Waals surface area contributed by atoms with Crippen molar-refractivity contribution in [1.82, 2.24) is 0 Å². The molecule has 0 aliphatic heterocycles. The Labute approximate surface area is 286 Å². The monoisotopic (exact) mass is 623 g/mol. The van der Waals surface area contributed by atoms with E-state index in [9.17, 15) is 0 Å². The first-order chi connectivity index (χ1) is 23.7. The summed E-state index contributed by atoms with van der Waals surface area (Å²) in [6.45, 7) is 7.20. The standard InChI is InChI=1S/C47H45N/c1-33-15-9-14-24-45(33)48(34(2)35-16-5-3-6-17-35)40-31-29-39(30-32-40)47-43-22-12-10-20-41(43)46(42-21-11-13-23-44(42)47)38-27-25-37(26-28-38)36-18-7-4-8-19-36/h4,7-8,10-14,18-33,35,45H,2-3,5-6,9,15-17H2,1H3. The molecular weight excluding hydrogens is 579 g/mol. The van der Waals surface area contributed by atoms with Gasteiger partial charge in [0.2, 0.25) is 0 Å². The lowest BCUT2D eigenvalue weighted by molar-refractivity contribution is 0.377. The van der Waals surface area contributed by atoms with Crippen molar-refractivity contribution in [3.05, 3.63) is 152 Å². The van der Waals surface area contributed by atoms with Crippen LogP contribution in [0.4, 0.5) is 5.69 Å². The van der Waals surface area contributed by atoms with Crippen molar-refractivity contribution < 1.29 is 0 Å². The first kappa shape index (κ1) is 30.5. The molecule has 0 spiro atoms. The molecule has 2 unspecified atom stereocenters. The molecule has 1 heteroatoms. The van der Waals surface area contributed by atoms with E-state index in [1.54, 1.807) is 0 Å². The zero-order valence-electron chi connectivity index (χ0n) is 28.1. The minimum Gasteiger partial charge on any atom is -0.338 e. The molecule has 6 aromatic carbocycles. The number of rotatable bonds is 7. The third-order valence-electron chi connectivity index (χ3n) is 11.0. The van der Waals surface area contributed by atoms with Gasteiger partial charge in [0, 0.05) is 11.4 Å². The molecule has 0 saturated heterocycles. The van der Waals surface area contributed by atoms with Gasteiger partial charge in [0.15, 0.2) is 0 Å². The fourth-order valence-electron chi connectivity index (χ4n) is 8.46. The molecule has 2 atom stereocenters. The van der Waals surface area contributed by atoms with Crippen LogP contribution in [0.3, 0.4) is 0 Å². The zero-order valence-corrected chi connectivity index (χ0v) is 28.1. The van der Waals surface area contributed by atoms with Gasteiger partial charge in [-0.25, -0.2) is 0 Å². The maximum absolute atomic E-state index is 4.78. The zero-order chi connectivity index (χ0) is 32.5. The highest BCUT2D eigenvalue weighted by Gasteiger charge is 2.30. The van der Waals surface area contributed by atoms with Gasteiger partial charge in [0.1, 0.15) is 0 Å². The van der Waals surface area contributed by atoms with Crippen LogP contribution in [-0.2, 0) is 0 Å². The second-order valence-corrected chi connectivity index (χ2v) is 14.0. The molecule has 1 saturated carbocycles. The van der Waals surface area contributed by atoms with Gasteiger partial charge in [-0.15, -0.1) is 0 Å². The quantitative estimate of drug-likeness (QED) is 0.126. The molecule has 1 nitrogen and oxygen atoms in total. The number of benzene rings is 6. The summed E-state index contributed by atoms with van der Waals surface area (Å²) in [6, 6.07) is 47.5. The van der Waals surface area contributed by atoms with Crippen LogP contribution in [0, 0.1) is 11.8 Å². The Morgan fingerprint density at radius 1 is 0.542 bits per heavy atom. The summed E-state index contributed by atoms with van der Waals surface area (Å²) >= 11 is 0. The fraction of sp³-hybridized carbons (Fsp3) is 0.234. The number of anilines is 1. The minimum atomic E-state index is 0.355. The van der Waals surface area contributed by atoms with E-state index >= 15 is 0 Å². The molecule has 8 rings (SSSR count). The average molecular weight is 624 g/mol. The molecule has 6 aromatic rings. The van der Waals surface area contributed by atoms with E-state index in [4.69, 9.17) is 6.58 Å². The van der Waals surface area contributed by atoms with Crippen LogP contribution in [-0.4, -0.2) is 6.04 Å². The van der Waals surface area contributed by atoms with E-state index < -0.39 is 0 Å². The van der Waals surface area contributed by atoms with E-state index in [2.05, 4.69) is 151 Å². The van der Waals surface area contributed by atoms with Crippen molar-refractivity contribution in [2.24, 2.45) is 11.8 Å². The molecule has 238 valence electrons. The molecule has 0 amide bonds. The Morgan fingerprint density at radius 2 is 1.02 bits per heavy atom. The van der Waals surface area contributed by atoms with Crippen LogP contribution in [0.2, 0.25) is 0 Å². The third kappa shape index (κ3) is 5.66. The van der Waals surface area contributed by atoms with Crippen LogP contribution in [0.15, 0.2) is 152 Å². The molecule has 0 heterocycles. The second kappa shape index (κ2) is 13.3. The molecule has 0 aromatic heterocycles. The smallest absolute Gasteiger partial charge is 0.0544 e. The summed E-state index contributed by atoms with van der Waals surface area (Å²) in [5, 5.41) is 5.16. The maximum Gasteiger partial charge on any atom is 0.0544 e. The molecule has 2 aliphatic carbocycles. The summed E-state index contributed by atoms with van der Waals surface area (Å²) in [7, 11) is 0. The largest absolute Gasteiger partial charge is 0.338 e. The Kier molecular flexibility index (Phi) is 8.45. The van der Waals surface area contributed by atoms with Crippen molar-refractivity contribution in [3.63, 3.8) is 0 Å². The molecule has 2 aliphatic rings. The lowest BCUT2D eigenvalue weighted by Gasteiger charge is -2.42. The maximum atomic E-state index is 4.78. The Morgan fingerprint density at radius 3 is 1.56 bits per heavy atom. The van der Waals surface area contributed by atoms with Gasteiger partial charge in [-0.3, -0.25) is 0 Å². The summed E-state index contributed by atoms with van der Waals surface area (Å²) < 4.78 is 0. The van der Waals surface area contributed by atoms with Crippen LogP contribution in [0.5, 0.6) is 0 Å². The Bertz CT molecular complexity index is 2020. The number of allylic oxidation sites excluding steroid dienone is 2. The SMILES string of the molecule is C=C(C1CCCCC1)N(c1ccc(-c2c3ccccc3c(-c3ccc(-c4ccccc4)cc3)c3ccccc23)cc1)C1C=CCCC1C. The van der Waals surface area contributed by atoms with Gasteiger partial charge in [-0.2, -0.15) is 0 Å². The highest BCUT2D eigenvalue weighted by atomic mass is 15.2. The molecular formula is C47H45N. The summed E-state index contributed by atoms with van der Waals surface area (Å²) in [6.07, 6.45) is 13.8. The number of fused-ring (bicyclic) bond motifs is 2. The molecule has 0 radical (unpaired) electrons. The van der Waals surface area contributed by atoms with Gasteiger partial charge < -0.3 is 4.90 Å². The predicted molar refractivity (Wildman–Crippen MR) is 207 cm³/mol. The predicted octanol–water partition coefficient (Wildman–Crippen LogP) is 13.2. The summed E-state index contributed by atoms with van der Waals surface area (Å²) in [5.74, 6) is 1.17. The topological polar surface area (TPSA) is 3.24 Å². The third-order valence-corrected chi connectivity index (χ3v) is 11.0. The fourth-order valence-corrected chi connectivity index (χ4v) is 8.46. The lowest BCUT2D eigenvalue weighted by Crippen LogP contribution is -2.41. The van der Waals surface area contributed by atoms with Gasteiger partial charge in [0.25, 0.3) is 0 Å². The van der Waals surface area contributed by atoms with E-state index in [1.165, 1.54) is 111 Å². The van der Waals surface area contributed by atoms with Crippen molar-refractivity contribution in [2.75, 3.05) is 4.90 Å². The number of hydrogen-bond donors (Lipinski definition) is 0. The minimum absolute atomic E-state index is 0.355. The number of hydrogen-bond acceptors (Lipinski definition) is 1. The molecule has 1 fully saturated rings. The van der Waals surface area contributed by atoms with E-state index in [0.717, 1.165) is 0 Å². The summed E-state index contributed by atoms with van der Waals surface area (Å²) in [4.78, 5) is 2.60. The van der Waals surface area contributed by atoms with Crippen molar-refractivity contribution in [3.8, 4) is 33.4 Å². The summed E-state index contributed by atoms with van der Waals surface area (Å²) in [5.41, 5.74) is 10.2. The van der Waals surface area contributed by atoms with Crippen molar-refractivity contribution in [2.45, 2.75) is 57.9 Å². The Balaban J connectivity index is 1.23. The normalized spacial score (nSPS) is 18.3.